The van der Waals surface area contributed by atoms with Crippen molar-refractivity contribution in [2.75, 3.05) is 13.2 Å². The third-order valence-corrected chi connectivity index (χ3v) is 4.24. The fraction of sp³-hybridized carbons (Fsp3) is 0.238. The minimum Gasteiger partial charge on any atom is -0.356 e. The lowest BCUT2D eigenvalue weighted by Gasteiger charge is -2.33. The first-order valence-corrected chi connectivity index (χ1v) is 8.79. The molecular formula is C21H23N3O2. The fourth-order valence-corrected chi connectivity index (χ4v) is 3.08. The molecule has 1 amide bonds. The van der Waals surface area contributed by atoms with E-state index in [0.717, 1.165) is 17.0 Å². The fourth-order valence-electron chi connectivity index (χ4n) is 3.08. The first kappa shape index (κ1) is 17.9. The van der Waals surface area contributed by atoms with Gasteiger partial charge >= 0.3 is 0 Å². The van der Waals surface area contributed by atoms with E-state index in [4.69, 9.17) is 4.74 Å². The Labute approximate surface area is 153 Å². The van der Waals surface area contributed by atoms with Crippen LogP contribution in [0.4, 0.5) is 0 Å². The van der Waals surface area contributed by atoms with Gasteiger partial charge in [0, 0.05) is 32.0 Å². The highest BCUT2D eigenvalue weighted by Crippen LogP contribution is 2.34. The van der Waals surface area contributed by atoms with E-state index in [0.29, 0.717) is 19.6 Å². The van der Waals surface area contributed by atoms with Crippen molar-refractivity contribution in [2.24, 2.45) is 0 Å². The first-order valence-electron chi connectivity index (χ1n) is 8.79. The van der Waals surface area contributed by atoms with E-state index < -0.39 is 5.60 Å². The topological polar surface area (TPSA) is 67.0 Å². The highest BCUT2D eigenvalue weighted by molar-refractivity contribution is 5.90. The second-order valence-corrected chi connectivity index (χ2v) is 5.89. The molecule has 0 aliphatic rings. The van der Waals surface area contributed by atoms with Crippen molar-refractivity contribution in [1.82, 2.24) is 15.3 Å². The number of nitrogens with zero attached hydrogens (tertiary/aromatic N) is 1. The summed E-state index contributed by atoms with van der Waals surface area (Å²) in [4.78, 5) is 20.6. The number of hydrogen-bond donors (Lipinski definition) is 2. The number of benzene rings is 2. The maximum absolute atomic E-state index is 13.3. The summed E-state index contributed by atoms with van der Waals surface area (Å²) in [5.74, 6) is 0.662. The molecule has 5 nitrogen and oxygen atoms in total. The van der Waals surface area contributed by atoms with Crippen molar-refractivity contribution < 1.29 is 9.53 Å². The Balaban J connectivity index is 1.92. The number of imidazole rings is 1. The molecule has 0 saturated carbocycles. The van der Waals surface area contributed by atoms with Gasteiger partial charge in [0.2, 0.25) is 0 Å². The predicted octanol–water partition coefficient (Wildman–Crippen LogP) is 3.05. The van der Waals surface area contributed by atoms with Crippen LogP contribution in [-0.2, 0) is 21.6 Å². The summed E-state index contributed by atoms with van der Waals surface area (Å²) < 4.78 is 6.12. The number of ether oxygens (including phenoxy) is 1. The largest absolute Gasteiger partial charge is 0.356 e. The third kappa shape index (κ3) is 3.68. The van der Waals surface area contributed by atoms with Crippen LogP contribution >= 0.6 is 0 Å². The Hall–Kier alpha value is -2.92. The lowest BCUT2D eigenvalue weighted by atomic mass is 9.85. The summed E-state index contributed by atoms with van der Waals surface area (Å²) in [6.07, 6.45) is 4.11. The highest BCUT2D eigenvalue weighted by atomic mass is 16.5. The molecule has 0 radical (unpaired) electrons. The second-order valence-electron chi connectivity index (χ2n) is 5.89. The van der Waals surface area contributed by atoms with Gasteiger partial charge in [0.1, 0.15) is 5.82 Å². The molecule has 0 aliphatic carbocycles. The Morgan fingerprint density at radius 1 is 1.08 bits per heavy atom. The summed E-state index contributed by atoms with van der Waals surface area (Å²) >= 11 is 0. The minimum absolute atomic E-state index is 0.177. The van der Waals surface area contributed by atoms with Crippen molar-refractivity contribution in [3.63, 3.8) is 0 Å². The lowest BCUT2D eigenvalue weighted by molar-refractivity contribution is -0.142. The zero-order chi connectivity index (χ0) is 18.2. The zero-order valence-electron chi connectivity index (χ0n) is 14.8. The smallest absolute Gasteiger partial charge is 0.261 e. The predicted molar refractivity (Wildman–Crippen MR) is 101 cm³/mol. The van der Waals surface area contributed by atoms with Gasteiger partial charge in [-0.3, -0.25) is 4.79 Å². The van der Waals surface area contributed by atoms with Crippen molar-refractivity contribution in [1.29, 1.82) is 0 Å². The molecule has 0 atom stereocenters. The molecule has 0 fully saturated rings. The quantitative estimate of drug-likeness (QED) is 0.657. The summed E-state index contributed by atoms with van der Waals surface area (Å²) in [5.41, 5.74) is 0.438. The maximum Gasteiger partial charge on any atom is 0.261 e. The van der Waals surface area contributed by atoms with Crippen LogP contribution in [-0.4, -0.2) is 29.0 Å². The van der Waals surface area contributed by atoms with Crippen LogP contribution in [0.1, 0.15) is 23.9 Å². The Bertz CT molecular complexity index is 762. The number of rotatable bonds is 8. The molecule has 1 heterocycles. The number of amides is 1. The summed E-state index contributed by atoms with van der Waals surface area (Å²) in [6, 6.07) is 19.2. The standard InChI is InChI=1S/C21H23N3O2/c1-2-26-21(17-9-5-3-6-10-17,18-11-7-4-8-12-18)20(25)24-14-13-19-22-15-16-23-19/h3-12,15-16H,2,13-14H2,1H3,(H,22,23)(H,24,25). The Morgan fingerprint density at radius 2 is 1.69 bits per heavy atom. The van der Waals surface area contributed by atoms with Crippen LogP contribution in [0.5, 0.6) is 0 Å². The van der Waals surface area contributed by atoms with Crippen LogP contribution in [0.2, 0.25) is 0 Å². The van der Waals surface area contributed by atoms with Crippen LogP contribution in [0, 0.1) is 0 Å². The van der Waals surface area contributed by atoms with Crippen LogP contribution in [0.25, 0.3) is 0 Å². The number of aromatic nitrogens is 2. The highest BCUT2D eigenvalue weighted by Gasteiger charge is 2.42. The number of nitrogens with one attached hydrogen (secondary N) is 2. The molecule has 2 aromatic carbocycles. The molecular weight excluding hydrogens is 326 g/mol. The lowest BCUT2D eigenvalue weighted by Crippen LogP contribution is -2.48. The van der Waals surface area contributed by atoms with Gasteiger partial charge in [-0.1, -0.05) is 60.7 Å². The van der Waals surface area contributed by atoms with Crippen molar-refractivity contribution in [3.05, 3.63) is 90.0 Å². The molecule has 0 spiro atoms. The van der Waals surface area contributed by atoms with Crippen molar-refractivity contribution >= 4 is 5.91 Å². The summed E-state index contributed by atoms with van der Waals surface area (Å²) in [6.45, 7) is 2.78. The summed E-state index contributed by atoms with van der Waals surface area (Å²) in [5, 5.41) is 3.02. The van der Waals surface area contributed by atoms with E-state index in [1.807, 2.05) is 67.6 Å². The van der Waals surface area contributed by atoms with E-state index in [1.165, 1.54) is 0 Å². The van der Waals surface area contributed by atoms with Gasteiger partial charge in [0.05, 0.1) is 0 Å². The van der Waals surface area contributed by atoms with Gasteiger partial charge in [0.25, 0.3) is 5.91 Å². The maximum atomic E-state index is 13.3. The van der Waals surface area contributed by atoms with E-state index >= 15 is 0 Å². The van der Waals surface area contributed by atoms with Gasteiger partial charge in [-0.25, -0.2) is 4.98 Å². The third-order valence-electron chi connectivity index (χ3n) is 4.24. The molecule has 1 aromatic heterocycles. The normalized spacial score (nSPS) is 11.3. The molecule has 26 heavy (non-hydrogen) atoms. The van der Waals surface area contributed by atoms with E-state index in [2.05, 4.69) is 15.3 Å². The number of carbonyl (C=O) groups is 1. The SMILES string of the molecule is CCOC(C(=O)NCCc1ncc[nH]1)(c1ccccc1)c1ccccc1. The van der Waals surface area contributed by atoms with E-state index in [9.17, 15) is 4.79 Å². The van der Waals surface area contributed by atoms with Crippen LogP contribution < -0.4 is 5.32 Å². The first-order chi connectivity index (χ1) is 12.8. The molecule has 0 saturated heterocycles. The molecule has 0 bridgehead atoms. The molecule has 134 valence electrons. The van der Waals surface area contributed by atoms with Crippen LogP contribution in [0.15, 0.2) is 73.1 Å². The number of carbonyl (C=O) groups excluding carboxylic acids is 1. The average molecular weight is 349 g/mol. The van der Waals surface area contributed by atoms with Gasteiger partial charge in [0.15, 0.2) is 5.60 Å². The molecule has 2 N–H and O–H groups in total. The monoisotopic (exact) mass is 349 g/mol. The minimum atomic E-state index is -1.18. The number of aromatic amines is 1. The number of H-pyrrole nitrogens is 1. The second kappa shape index (κ2) is 8.45. The summed E-state index contributed by atoms with van der Waals surface area (Å²) in [7, 11) is 0. The molecule has 3 rings (SSSR count). The molecule has 0 unspecified atom stereocenters. The average Bonchev–Trinajstić information content (AvgIpc) is 3.21. The van der Waals surface area contributed by atoms with Gasteiger partial charge < -0.3 is 15.0 Å². The number of hydrogen-bond acceptors (Lipinski definition) is 3. The Morgan fingerprint density at radius 3 is 2.19 bits per heavy atom. The van der Waals surface area contributed by atoms with Crippen LogP contribution in [0.3, 0.4) is 0 Å². The van der Waals surface area contributed by atoms with E-state index in [-0.39, 0.29) is 5.91 Å². The molecule has 5 heteroatoms. The van der Waals surface area contributed by atoms with Gasteiger partial charge in [-0.2, -0.15) is 0 Å². The van der Waals surface area contributed by atoms with Crippen molar-refractivity contribution in [2.45, 2.75) is 18.9 Å². The molecule has 3 aromatic rings. The van der Waals surface area contributed by atoms with E-state index in [1.54, 1.807) is 12.4 Å². The van der Waals surface area contributed by atoms with Gasteiger partial charge in [-0.15, -0.1) is 0 Å². The molecule has 0 aliphatic heterocycles. The van der Waals surface area contributed by atoms with Crippen molar-refractivity contribution in [3.8, 4) is 0 Å². The zero-order valence-corrected chi connectivity index (χ0v) is 14.8. The Kier molecular flexibility index (Phi) is 5.81. The van der Waals surface area contributed by atoms with Gasteiger partial charge in [-0.05, 0) is 18.1 Å².